The van der Waals surface area contributed by atoms with E-state index in [-0.39, 0.29) is 17.3 Å². The fraction of sp³-hybridized carbons (Fsp3) is 0.345. The molecular weight excluding hydrogens is 434 g/mol. The van der Waals surface area contributed by atoms with Crippen LogP contribution in [0.4, 0.5) is 0 Å². The van der Waals surface area contributed by atoms with Crippen LogP contribution in [0.1, 0.15) is 67.5 Å². The van der Waals surface area contributed by atoms with Gasteiger partial charge < -0.3 is 4.90 Å². The van der Waals surface area contributed by atoms with E-state index in [0.29, 0.717) is 30.9 Å². The summed E-state index contributed by atoms with van der Waals surface area (Å²) >= 11 is 0. The van der Waals surface area contributed by atoms with E-state index in [1.165, 1.54) is 0 Å². The lowest BCUT2D eigenvalue weighted by molar-refractivity contribution is -0.142. The first-order valence-electron chi connectivity index (χ1n) is 11.9. The highest BCUT2D eigenvalue weighted by Gasteiger charge is 2.73. The monoisotopic (exact) mass is 461 g/mol. The zero-order chi connectivity index (χ0) is 24.8. The minimum absolute atomic E-state index is 0.000536. The molecule has 174 valence electrons. The molecule has 3 aromatic rings. The molecule has 2 atom stereocenters. The third-order valence-electron chi connectivity index (χ3n) is 8.57. The van der Waals surface area contributed by atoms with Gasteiger partial charge in [0.25, 0.3) is 0 Å². The van der Waals surface area contributed by atoms with Crippen molar-refractivity contribution in [3.63, 3.8) is 0 Å². The molecular formula is C29H27N5O. The number of hydrogen-bond acceptors (Lipinski definition) is 5. The third-order valence-corrected chi connectivity index (χ3v) is 8.57. The van der Waals surface area contributed by atoms with Gasteiger partial charge in [0.15, 0.2) is 11.4 Å². The van der Waals surface area contributed by atoms with Crippen LogP contribution in [-0.2, 0) is 28.7 Å². The Kier molecular flexibility index (Phi) is 5.22. The molecule has 2 aliphatic carbocycles. The zero-order valence-corrected chi connectivity index (χ0v) is 20.2. The highest BCUT2D eigenvalue weighted by atomic mass is 16.2. The van der Waals surface area contributed by atoms with Crippen molar-refractivity contribution in [2.24, 2.45) is 5.41 Å². The zero-order valence-electron chi connectivity index (χ0n) is 20.2. The molecule has 35 heavy (non-hydrogen) atoms. The first kappa shape index (κ1) is 22.7. The first-order chi connectivity index (χ1) is 16.8. The average molecular weight is 462 g/mol. The van der Waals surface area contributed by atoms with Gasteiger partial charge >= 0.3 is 0 Å². The lowest BCUT2D eigenvalue weighted by atomic mass is 9.63. The highest BCUT2D eigenvalue weighted by Crippen LogP contribution is 2.70. The summed E-state index contributed by atoms with van der Waals surface area (Å²) < 4.78 is 0. The topological polar surface area (TPSA) is 93.7 Å². The maximum absolute atomic E-state index is 14.7. The molecule has 1 amide bonds. The van der Waals surface area contributed by atoms with E-state index >= 15 is 0 Å². The van der Waals surface area contributed by atoms with Gasteiger partial charge in [-0.15, -0.1) is 0 Å². The molecule has 0 N–H and O–H groups in total. The number of hydrogen-bond donors (Lipinski definition) is 0. The van der Waals surface area contributed by atoms with Crippen molar-refractivity contribution in [3.8, 4) is 12.1 Å². The number of carbonyl (C=O) groups is 1. The Morgan fingerprint density at radius 2 is 1.31 bits per heavy atom. The van der Waals surface area contributed by atoms with E-state index in [2.05, 4.69) is 30.7 Å². The van der Waals surface area contributed by atoms with Crippen molar-refractivity contribution in [3.05, 3.63) is 94.6 Å². The molecule has 6 nitrogen and oxygen atoms in total. The van der Waals surface area contributed by atoms with Gasteiger partial charge in [-0.3, -0.25) is 4.79 Å². The van der Waals surface area contributed by atoms with E-state index in [9.17, 15) is 15.3 Å². The maximum Gasteiger partial charge on any atom is 0.236 e. The van der Waals surface area contributed by atoms with Gasteiger partial charge in [0.1, 0.15) is 12.1 Å². The van der Waals surface area contributed by atoms with E-state index in [1.54, 1.807) is 0 Å². The van der Waals surface area contributed by atoms with Gasteiger partial charge in [-0.25, -0.2) is 9.97 Å². The number of carbonyl (C=O) groups excluding carboxylic acids is 1. The molecule has 0 radical (unpaired) electrons. The van der Waals surface area contributed by atoms with Crippen molar-refractivity contribution >= 4 is 5.91 Å². The number of nitrogens with zero attached hydrogens (tertiary/aromatic N) is 5. The fourth-order valence-corrected chi connectivity index (χ4v) is 6.19. The molecule has 2 bridgehead atoms. The van der Waals surface area contributed by atoms with Crippen LogP contribution in [0.25, 0.3) is 0 Å². The van der Waals surface area contributed by atoms with Crippen LogP contribution in [0.2, 0.25) is 0 Å². The number of rotatable bonds is 5. The summed E-state index contributed by atoms with van der Waals surface area (Å²) in [6, 6.07) is 24.0. The van der Waals surface area contributed by atoms with Crippen LogP contribution in [0.5, 0.6) is 0 Å². The lowest BCUT2D eigenvalue weighted by Crippen LogP contribution is -2.52. The van der Waals surface area contributed by atoms with Crippen LogP contribution < -0.4 is 0 Å². The molecule has 5 rings (SSSR count). The molecule has 2 aliphatic rings. The lowest BCUT2D eigenvalue weighted by Gasteiger charge is -2.42. The summed E-state index contributed by atoms with van der Waals surface area (Å²) in [7, 11) is 0. The third kappa shape index (κ3) is 3.10. The second kappa shape index (κ2) is 8.03. The summed E-state index contributed by atoms with van der Waals surface area (Å²) in [5.74, 6) is 0.000536. The molecule has 0 spiro atoms. The first-order valence-corrected chi connectivity index (χ1v) is 11.9. The Morgan fingerprint density at radius 3 is 1.80 bits per heavy atom. The standard InChI is InChI=1S/C29H27N5O/c1-27(2)28(3)14-15-29(27,25-24(28)32-22(16-30)23(17-31)33-25)26(35)34(18-20-10-6-4-7-11-20)19-21-12-8-5-9-13-21/h4-13H,14-15,18-19H2,1-3H3. The summed E-state index contributed by atoms with van der Waals surface area (Å²) in [4.78, 5) is 25.9. The number of amides is 1. The molecule has 1 fully saturated rings. The normalized spacial score (nSPS) is 23.2. The maximum atomic E-state index is 14.7. The molecule has 6 heteroatoms. The van der Waals surface area contributed by atoms with Gasteiger partial charge in [-0.2, -0.15) is 10.5 Å². The molecule has 1 heterocycles. The Morgan fingerprint density at radius 1 is 0.829 bits per heavy atom. The van der Waals surface area contributed by atoms with Gasteiger partial charge in [0.2, 0.25) is 5.91 Å². The Hall–Kier alpha value is -4.03. The van der Waals surface area contributed by atoms with Gasteiger partial charge in [0.05, 0.1) is 16.8 Å². The molecule has 2 unspecified atom stereocenters. The van der Waals surface area contributed by atoms with Gasteiger partial charge in [-0.1, -0.05) is 81.4 Å². The quantitative estimate of drug-likeness (QED) is 0.545. The van der Waals surface area contributed by atoms with E-state index < -0.39 is 16.2 Å². The minimum atomic E-state index is -0.923. The van der Waals surface area contributed by atoms with E-state index in [4.69, 9.17) is 0 Å². The van der Waals surface area contributed by atoms with Crippen LogP contribution >= 0.6 is 0 Å². The van der Waals surface area contributed by atoms with Crippen molar-refractivity contribution in [1.82, 2.24) is 14.9 Å². The van der Waals surface area contributed by atoms with Crippen molar-refractivity contribution < 1.29 is 4.79 Å². The fourth-order valence-electron chi connectivity index (χ4n) is 6.19. The molecule has 1 aromatic heterocycles. The SMILES string of the molecule is CC12CCC(C(=O)N(Cc3ccccc3)Cc3ccccc3)(c3nc(C#N)c(C#N)nc31)C2(C)C. The summed E-state index contributed by atoms with van der Waals surface area (Å²) in [5, 5.41) is 19.2. The summed E-state index contributed by atoms with van der Waals surface area (Å²) in [6.45, 7) is 7.28. The Bertz CT molecular complexity index is 1340. The van der Waals surface area contributed by atoms with Crippen molar-refractivity contribution in [2.45, 2.75) is 57.5 Å². The Labute approximate surface area is 205 Å². The van der Waals surface area contributed by atoms with Gasteiger partial charge in [-0.05, 0) is 29.4 Å². The predicted octanol–water partition coefficient (Wildman–Crippen LogP) is 4.78. The molecule has 0 saturated heterocycles. The number of aromatic nitrogens is 2. The largest absolute Gasteiger partial charge is 0.333 e. The van der Waals surface area contributed by atoms with Crippen molar-refractivity contribution in [1.29, 1.82) is 10.5 Å². The number of nitriles is 2. The van der Waals surface area contributed by atoms with Crippen LogP contribution in [0, 0.1) is 28.1 Å². The molecule has 2 aromatic carbocycles. The molecule has 1 saturated carbocycles. The number of fused-ring (bicyclic) bond motifs is 5. The summed E-state index contributed by atoms with van der Waals surface area (Å²) in [6.07, 6.45) is 1.41. The van der Waals surface area contributed by atoms with Crippen LogP contribution in [-0.4, -0.2) is 20.8 Å². The van der Waals surface area contributed by atoms with Gasteiger partial charge in [0, 0.05) is 18.5 Å². The second-order valence-electron chi connectivity index (χ2n) is 10.3. The minimum Gasteiger partial charge on any atom is -0.333 e. The predicted molar refractivity (Wildman–Crippen MR) is 131 cm³/mol. The number of benzene rings is 2. The summed E-state index contributed by atoms with van der Waals surface area (Å²) in [5.41, 5.74) is 1.54. The van der Waals surface area contributed by atoms with Crippen molar-refractivity contribution in [2.75, 3.05) is 0 Å². The molecule has 0 aliphatic heterocycles. The smallest absolute Gasteiger partial charge is 0.236 e. The second-order valence-corrected chi connectivity index (χ2v) is 10.3. The van der Waals surface area contributed by atoms with E-state index in [1.807, 2.05) is 77.7 Å². The van der Waals surface area contributed by atoms with E-state index in [0.717, 1.165) is 17.5 Å². The highest BCUT2D eigenvalue weighted by molar-refractivity contribution is 5.92. The Balaban J connectivity index is 1.67. The van der Waals surface area contributed by atoms with Crippen LogP contribution in [0.15, 0.2) is 60.7 Å². The van der Waals surface area contributed by atoms with Crippen LogP contribution in [0.3, 0.4) is 0 Å². The average Bonchev–Trinajstić information content (AvgIpc) is 3.18.